The molecule has 1 aromatic carbocycles. The van der Waals surface area contributed by atoms with E-state index in [1.165, 1.54) is 18.4 Å². The zero-order chi connectivity index (χ0) is 13.3. The van der Waals surface area contributed by atoms with Gasteiger partial charge in [-0.1, -0.05) is 30.3 Å². The molecule has 0 amide bonds. The molecule has 0 aliphatic heterocycles. The van der Waals surface area contributed by atoms with Crippen LogP contribution in [-0.4, -0.2) is 16.3 Å². The fourth-order valence-corrected chi connectivity index (χ4v) is 2.21. The van der Waals surface area contributed by atoms with Crippen molar-refractivity contribution in [3.63, 3.8) is 0 Å². The molecule has 0 fully saturated rings. The van der Waals surface area contributed by atoms with Crippen LogP contribution in [0.15, 0.2) is 36.5 Å². The summed E-state index contributed by atoms with van der Waals surface area (Å²) in [6.45, 7) is 4.81. The fourth-order valence-electron chi connectivity index (χ4n) is 2.21. The molecule has 2 aromatic rings. The van der Waals surface area contributed by atoms with E-state index < -0.39 is 0 Å². The molecular formula is C15H15NO2. The van der Waals surface area contributed by atoms with Crippen LogP contribution in [0.4, 0.5) is 0 Å². The quantitative estimate of drug-likeness (QED) is 0.756. The minimum atomic E-state index is -0.0859. The first-order valence-electron chi connectivity index (χ1n) is 5.81. The van der Waals surface area contributed by atoms with Crippen molar-refractivity contribution in [3.05, 3.63) is 47.8 Å². The van der Waals surface area contributed by atoms with Gasteiger partial charge in [-0.15, -0.1) is 0 Å². The highest BCUT2D eigenvalue weighted by molar-refractivity contribution is 6.03. The monoisotopic (exact) mass is 241 g/mol. The number of carbonyl (C=O) groups excluding carboxylic acids is 2. The van der Waals surface area contributed by atoms with E-state index >= 15 is 0 Å². The highest BCUT2D eigenvalue weighted by Gasteiger charge is 2.18. The largest absolute Gasteiger partial charge is 0.294 e. The Morgan fingerprint density at radius 2 is 1.67 bits per heavy atom. The first-order chi connectivity index (χ1) is 8.52. The number of carbonyl (C=O) groups is 2. The molecule has 0 saturated heterocycles. The van der Waals surface area contributed by atoms with E-state index in [0.29, 0.717) is 11.3 Å². The van der Waals surface area contributed by atoms with E-state index in [0.717, 1.165) is 11.1 Å². The zero-order valence-corrected chi connectivity index (χ0v) is 10.7. The number of Topliss-reactive ketones (excluding diaryl/α,β-unsaturated/α-hetero) is 1. The van der Waals surface area contributed by atoms with E-state index in [9.17, 15) is 9.59 Å². The minimum absolute atomic E-state index is 0.0219. The van der Waals surface area contributed by atoms with E-state index in [4.69, 9.17) is 0 Å². The second-order valence-corrected chi connectivity index (χ2v) is 4.31. The summed E-state index contributed by atoms with van der Waals surface area (Å²) in [7, 11) is 0. The number of rotatable bonds is 2. The van der Waals surface area contributed by atoms with Crippen LogP contribution in [-0.2, 0) is 0 Å². The number of ketones is 1. The molecule has 0 aliphatic carbocycles. The number of aromatic nitrogens is 1. The summed E-state index contributed by atoms with van der Waals surface area (Å²) < 4.78 is 1.53. The zero-order valence-electron chi connectivity index (χ0n) is 10.7. The van der Waals surface area contributed by atoms with Gasteiger partial charge < -0.3 is 0 Å². The Bertz CT molecular complexity index is 609. The summed E-state index contributed by atoms with van der Waals surface area (Å²) >= 11 is 0. The van der Waals surface area contributed by atoms with Gasteiger partial charge in [-0.05, 0) is 19.4 Å². The van der Waals surface area contributed by atoms with E-state index in [1.54, 1.807) is 13.1 Å². The van der Waals surface area contributed by atoms with Crippen molar-refractivity contribution in [1.82, 2.24) is 4.57 Å². The molecule has 0 aliphatic rings. The second kappa shape index (κ2) is 4.61. The number of benzene rings is 1. The van der Waals surface area contributed by atoms with Crippen LogP contribution < -0.4 is 0 Å². The van der Waals surface area contributed by atoms with Gasteiger partial charge in [-0.25, -0.2) is 0 Å². The van der Waals surface area contributed by atoms with Crippen LogP contribution in [0, 0.1) is 6.92 Å². The second-order valence-electron chi connectivity index (χ2n) is 4.31. The summed E-state index contributed by atoms with van der Waals surface area (Å²) in [6, 6.07) is 9.63. The van der Waals surface area contributed by atoms with Crippen molar-refractivity contribution < 1.29 is 9.59 Å². The van der Waals surface area contributed by atoms with Crippen molar-refractivity contribution in [2.24, 2.45) is 0 Å². The summed E-state index contributed by atoms with van der Waals surface area (Å²) in [5.74, 6) is -0.108. The highest BCUT2D eigenvalue weighted by atomic mass is 16.2. The lowest BCUT2D eigenvalue weighted by atomic mass is 10.0. The molecule has 0 unspecified atom stereocenters. The molecule has 1 heterocycles. The van der Waals surface area contributed by atoms with Crippen molar-refractivity contribution in [2.75, 3.05) is 0 Å². The summed E-state index contributed by atoms with van der Waals surface area (Å²) in [4.78, 5) is 23.3. The molecule has 3 nitrogen and oxygen atoms in total. The van der Waals surface area contributed by atoms with Gasteiger partial charge in [-0.3, -0.25) is 14.2 Å². The smallest absolute Gasteiger partial charge is 0.227 e. The van der Waals surface area contributed by atoms with Crippen LogP contribution in [0.5, 0.6) is 0 Å². The van der Waals surface area contributed by atoms with Crippen molar-refractivity contribution in [3.8, 4) is 11.1 Å². The fraction of sp³-hybridized carbons (Fsp3) is 0.200. The van der Waals surface area contributed by atoms with Crippen molar-refractivity contribution >= 4 is 11.7 Å². The normalized spacial score (nSPS) is 10.4. The summed E-state index contributed by atoms with van der Waals surface area (Å²) in [5, 5.41) is 0. The third kappa shape index (κ3) is 1.99. The molecule has 0 radical (unpaired) electrons. The van der Waals surface area contributed by atoms with Crippen molar-refractivity contribution in [2.45, 2.75) is 20.8 Å². The Kier molecular flexibility index (Phi) is 3.15. The predicted molar refractivity (Wildman–Crippen MR) is 70.9 cm³/mol. The Hall–Kier alpha value is -2.16. The molecule has 92 valence electrons. The van der Waals surface area contributed by atoms with E-state index in [1.807, 2.05) is 30.3 Å². The maximum Gasteiger partial charge on any atom is 0.227 e. The Morgan fingerprint density at radius 1 is 1.06 bits per heavy atom. The predicted octanol–water partition coefficient (Wildman–Crippen LogP) is 3.33. The third-order valence-corrected chi connectivity index (χ3v) is 3.03. The first kappa shape index (κ1) is 12.3. The van der Waals surface area contributed by atoms with Crippen LogP contribution in [0.1, 0.15) is 34.7 Å². The van der Waals surface area contributed by atoms with Gasteiger partial charge in [0.15, 0.2) is 5.78 Å². The van der Waals surface area contributed by atoms with Crippen LogP contribution in [0.2, 0.25) is 0 Å². The minimum Gasteiger partial charge on any atom is -0.294 e. The maximum atomic E-state index is 11.8. The molecule has 0 atom stereocenters. The third-order valence-electron chi connectivity index (χ3n) is 3.03. The average Bonchev–Trinajstić information content (AvgIpc) is 2.68. The van der Waals surface area contributed by atoms with Crippen LogP contribution in [0.3, 0.4) is 0 Å². The molecule has 3 heteroatoms. The maximum absolute atomic E-state index is 11.8. The van der Waals surface area contributed by atoms with Crippen LogP contribution >= 0.6 is 0 Å². The summed E-state index contributed by atoms with van der Waals surface area (Å²) in [6.07, 6.45) is 1.74. The molecule has 0 bridgehead atoms. The van der Waals surface area contributed by atoms with Gasteiger partial charge in [0.2, 0.25) is 5.91 Å². The molecule has 18 heavy (non-hydrogen) atoms. The van der Waals surface area contributed by atoms with E-state index in [2.05, 4.69) is 0 Å². The topological polar surface area (TPSA) is 39.1 Å². The number of hydrogen-bond acceptors (Lipinski definition) is 2. The van der Waals surface area contributed by atoms with E-state index in [-0.39, 0.29) is 11.7 Å². The average molecular weight is 241 g/mol. The van der Waals surface area contributed by atoms with Gasteiger partial charge >= 0.3 is 0 Å². The lowest BCUT2D eigenvalue weighted by Gasteiger charge is -2.02. The van der Waals surface area contributed by atoms with Gasteiger partial charge in [0.25, 0.3) is 0 Å². The lowest BCUT2D eigenvalue weighted by Crippen LogP contribution is -2.07. The SMILES string of the molecule is CC(=O)c1c(-c2ccccc2)cn(C(C)=O)c1C. The Morgan fingerprint density at radius 3 is 2.17 bits per heavy atom. The summed E-state index contributed by atoms with van der Waals surface area (Å²) in [5.41, 5.74) is 3.09. The molecule has 0 N–H and O–H groups in total. The van der Waals surface area contributed by atoms with Crippen molar-refractivity contribution in [1.29, 1.82) is 0 Å². The molecule has 2 rings (SSSR count). The van der Waals surface area contributed by atoms with Gasteiger partial charge in [0.1, 0.15) is 0 Å². The number of nitrogens with zero attached hydrogens (tertiary/aromatic N) is 1. The highest BCUT2D eigenvalue weighted by Crippen LogP contribution is 2.28. The first-order valence-corrected chi connectivity index (χ1v) is 5.81. The lowest BCUT2D eigenvalue weighted by molar-refractivity contribution is 0.0935. The van der Waals surface area contributed by atoms with Gasteiger partial charge in [0, 0.05) is 29.9 Å². The number of hydrogen-bond donors (Lipinski definition) is 0. The van der Waals surface area contributed by atoms with Gasteiger partial charge in [0.05, 0.1) is 0 Å². The molecular weight excluding hydrogens is 226 g/mol. The molecule has 0 spiro atoms. The Balaban J connectivity index is 2.71. The Labute approximate surface area is 106 Å². The van der Waals surface area contributed by atoms with Gasteiger partial charge in [-0.2, -0.15) is 0 Å². The van der Waals surface area contributed by atoms with Crippen LogP contribution in [0.25, 0.3) is 11.1 Å². The molecule has 0 saturated carbocycles. The molecule has 1 aromatic heterocycles. The standard InChI is InChI=1S/C15H15NO2/c1-10-15(11(2)17)14(9-16(10)12(3)18)13-7-5-4-6-8-13/h4-9H,1-3H3.